The van der Waals surface area contributed by atoms with Crippen LogP contribution in [0.4, 0.5) is 0 Å². The molecule has 2 aliphatic rings. The van der Waals surface area contributed by atoms with Gasteiger partial charge in [0.1, 0.15) is 0 Å². The average molecular weight is 251 g/mol. The van der Waals surface area contributed by atoms with Crippen LogP contribution in [0.25, 0.3) is 0 Å². The van der Waals surface area contributed by atoms with Gasteiger partial charge in [-0.3, -0.25) is 4.79 Å². The normalized spacial score (nSPS) is 37.2. The van der Waals surface area contributed by atoms with Crippen molar-refractivity contribution in [2.45, 2.75) is 77.7 Å². The third-order valence-corrected chi connectivity index (χ3v) is 5.06. The van der Waals surface area contributed by atoms with Gasteiger partial charge in [-0.05, 0) is 49.9 Å². The zero-order valence-electron chi connectivity index (χ0n) is 12.1. The van der Waals surface area contributed by atoms with Crippen molar-refractivity contribution in [1.82, 2.24) is 5.32 Å². The Bertz CT molecular complexity index is 260. The summed E-state index contributed by atoms with van der Waals surface area (Å²) in [6.45, 7) is 4.03. The number of carbonyl (C=O) groups excluding carboxylic acids is 1. The van der Waals surface area contributed by atoms with E-state index in [1.165, 1.54) is 57.8 Å². The van der Waals surface area contributed by atoms with Crippen molar-refractivity contribution in [3.63, 3.8) is 0 Å². The van der Waals surface area contributed by atoms with Gasteiger partial charge in [0, 0.05) is 13.0 Å². The topological polar surface area (TPSA) is 29.1 Å². The van der Waals surface area contributed by atoms with Crippen LogP contribution in [-0.2, 0) is 4.79 Å². The Morgan fingerprint density at radius 3 is 1.94 bits per heavy atom. The van der Waals surface area contributed by atoms with Crippen LogP contribution in [0.2, 0.25) is 0 Å². The summed E-state index contributed by atoms with van der Waals surface area (Å²) < 4.78 is 0. The van der Waals surface area contributed by atoms with Crippen molar-refractivity contribution >= 4 is 5.91 Å². The summed E-state index contributed by atoms with van der Waals surface area (Å²) >= 11 is 0. The molecular weight excluding hydrogens is 222 g/mol. The van der Waals surface area contributed by atoms with Gasteiger partial charge in [-0.25, -0.2) is 0 Å². The molecule has 104 valence electrons. The van der Waals surface area contributed by atoms with Crippen LogP contribution in [0.15, 0.2) is 0 Å². The van der Waals surface area contributed by atoms with Gasteiger partial charge in [-0.2, -0.15) is 0 Å². The van der Waals surface area contributed by atoms with E-state index in [1.807, 2.05) is 0 Å². The van der Waals surface area contributed by atoms with Crippen LogP contribution in [-0.4, -0.2) is 11.9 Å². The maximum Gasteiger partial charge on any atom is 0.217 e. The number of amides is 1. The molecule has 1 N–H and O–H groups in total. The number of carbonyl (C=O) groups is 1. The Balaban J connectivity index is 1.65. The van der Waals surface area contributed by atoms with Crippen LogP contribution in [0.3, 0.4) is 0 Å². The Hall–Kier alpha value is -0.530. The second kappa shape index (κ2) is 6.58. The van der Waals surface area contributed by atoms with Gasteiger partial charge in [0.15, 0.2) is 0 Å². The fourth-order valence-corrected chi connectivity index (χ4v) is 3.87. The van der Waals surface area contributed by atoms with Crippen molar-refractivity contribution in [3.05, 3.63) is 0 Å². The first-order valence-electron chi connectivity index (χ1n) is 7.90. The lowest BCUT2D eigenvalue weighted by Gasteiger charge is -2.33. The Labute approximate surface area is 112 Å². The summed E-state index contributed by atoms with van der Waals surface area (Å²) in [6, 6.07) is 0.463. The highest BCUT2D eigenvalue weighted by Crippen LogP contribution is 2.36. The molecule has 0 aliphatic heterocycles. The van der Waals surface area contributed by atoms with Crippen molar-refractivity contribution in [2.24, 2.45) is 17.8 Å². The van der Waals surface area contributed by atoms with Crippen molar-refractivity contribution in [2.75, 3.05) is 0 Å². The molecule has 0 spiro atoms. The van der Waals surface area contributed by atoms with Gasteiger partial charge in [0.2, 0.25) is 5.91 Å². The van der Waals surface area contributed by atoms with Crippen molar-refractivity contribution < 1.29 is 4.79 Å². The monoisotopic (exact) mass is 251 g/mol. The van der Waals surface area contributed by atoms with E-state index in [0.29, 0.717) is 6.04 Å². The number of hydrogen-bond donors (Lipinski definition) is 1. The van der Waals surface area contributed by atoms with Crippen molar-refractivity contribution in [1.29, 1.82) is 0 Å². The SMILES string of the molecule is CC(=O)NC1CCC(CC2CCC(C)CC2)CC1. The molecule has 2 aliphatic carbocycles. The summed E-state index contributed by atoms with van der Waals surface area (Å²) in [5.74, 6) is 3.05. The Morgan fingerprint density at radius 1 is 0.944 bits per heavy atom. The van der Waals surface area contributed by atoms with Gasteiger partial charge >= 0.3 is 0 Å². The first-order chi connectivity index (χ1) is 8.63. The summed E-state index contributed by atoms with van der Waals surface area (Å²) in [7, 11) is 0. The predicted molar refractivity (Wildman–Crippen MR) is 75.3 cm³/mol. The minimum atomic E-state index is 0.139. The van der Waals surface area contributed by atoms with E-state index in [0.717, 1.165) is 17.8 Å². The fraction of sp³-hybridized carbons (Fsp3) is 0.938. The third kappa shape index (κ3) is 4.29. The quantitative estimate of drug-likeness (QED) is 0.810. The third-order valence-electron chi connectivity index (χ3n) is 5.06. The van der Waals surface area contributed by atoms with E-state index < -0.39 is 0 Å². The largest absolute Gasteiger partial charge is 0.354 e. The molecule has 1 amide bonds. The highest BCUT2D eigenvalue weighted by Gasteiger charge is 2.26. The van der Waals surface area contributed by atoms with Gasteiger partial charge in [0.25, 0.3) is 0 Å². The Morgan fingerprint density at radius 2 is 1.44 bits per heavy atom. The van der Waals surface area contributed by atoms with Crippen LogP contribution in [0.1, 0.15) is 71.6 Å². The molecule has 0 radical (unpaired) electrons. The molecule has 0 aromatic heterocycles. The summed E-state index contributed by atoms with van der Waals surface area (Å²) in [4.78, 5) is 11.0. The maximum atomic E-state index is 11.0. The molecule has 0 aromatic rings. The van der Waals surface area contributed by atoms with Crippen LogP contribution in [0.5, 0.6) is 0 Å². The second-order valence-corrected chi connectivity index (χ2v) is 6.78. The van der Waals surface area contributed by atoms with Gasteiger partial charge < -0.3 is 5.32 Å². The number of nitrogens with one attached hydrogen (secondary N) is 1. The second-order valence-electron chi connectivity index (χ2n) is 6.78. The zero-order chi connectivity index (χ0) is 13.0. The molecule has 0 heterocycles. The summed E-state index contributed by atoms with van der Waals surface area (Å²) in [5.41, 5.74) is 0. The van der Waals surface area contributed by atoms with E-state index >= 15 is 0 Å². The minimum Gasteiger partial charge on any atom is -0.354 e. The van der Waals surface area contributed by atoms with Crippen molar-refractivity contribution in [3.8, 4) is 0 Å². The minimum absolute atomic E-state index is 0.139. The van der Waals surface area contributed by atoms with Gasteiger partial charge in [-0.15, -0.1) is 0 Å². The molecule has 2 rings (SSSR count). The molecule has 2 fully saturated rings. The zero-order valence-corrected chi connectivity index (χ0v) is 12.1. The number of rotatable bonds is 3. The first kappa shape index (κ1) is 13.9. The molecule has 0 bridgehead atoms. The molecule has 0 unspecified atom stereocenters. The van der Waals surface area contributed by atoms with Crippen LogP contribution in [0, 0.1) is 17.8 Å². The lowest BCUT2D eigenvalue weighted by Crippen LogP contribution is -2.36. The number of hydrogen-bond acceptors (Lipinski definition) is 1. The maximum absolute atomic E-state index is 11.0. The fourth-order valence-electron chi connectivity index (χ4n) is 3.87. The Kier molecular flexibility index (Phi) is 5.08. The molecular formula is C16H29NO. The standard InChI is InChI=1S/C16H29NO/c1-12-3-5-14(6-4-12)11-15-7-9-16(10-8-15)17-13(2)18/h12,14-16H,3-11H2,1-2H3,(H,17,18). The highest BCUT2D eigenvalue weighted by molar-refractivity contribution is 5.73. The highest BCUT2D eigenvalue weighted by atomic mass is 16.1. The lowest BCUT2D eigenvalue weighted by atomic mass is 9.74. The average Bonchev–Trinajstić information content (AvgIpc) is 2.34. The van der Waals surface area contributed by atoms with Gasteiger partial charge in [-0.1, -0.05) is 32.6 Å². The molecule has 2 nitrogen and oxygen atoms in total. The molecule has 0 aromatic carbocycles. The molecule has 0 saturated heterocycles. The lowest BCUT2D eigenvalue weighted by molar-refractivity contribution is -0.119. The van der Waals surface area contributed by atoms with E-state index in [1.54, 1.807) is 6.92 Å². The first-order valence-corrected chi connectivity index (χ1v) is 7.90. The molecule has 0 atom stereocenters. The predicted octanol–water partition coefficient (Wildman–Crippen LogP) is 3.90. The molecule has 2 heteroatoms. The smallest absolute Gasteiger partial charge is 0.217 e. The van der Waals surface area contributed by atoms with Crippen LogP contribution >= 0.6 is 0 Å². The molecule has 18 heavy (non-hydrogen) atoms. The van der Waals surface area contributed by atoms with Gasteiger partial charge in [0.05, 0.1) is 0 Å². The van der Waals surface area contributed by atoms with E-state index in [4.69, 9.17) is 0 Å². The summed E-state index contributed by atoms with van der Waals surface area (Å²) in [5, 5.41) is 3.07. The van der Waals surface area contributed by atoms with E-state index in [9.17, 15) is 4.79 Å². The van der Waals surface area contributed by atoms with E-state index in [2.05, 4.69) is 12.2 Å². The summed E-state index contributed by atoms with van der Waals surface area (Å²) in [6.07, 6.45) is 12.4. The van der Waals surface area contributed by atoms with E-state index in [-0.39, 0.29) is 5.91 Å². The van der Waals surface area contributed by atoms with Crippen LogP contribution < -0.4 is 5.32 Å². The molecule has 2 saturated carbocycles.